The van der Waals surface area contributed by atoms with Crippen molar-refractivity contribution in [1.29, 1.82) is 5.41 Å². The molecule has 0 saturated heterocycles. The second kappa shape index (κ2) is 21.1. The Hall–Kier alpha value is -0.970. The molecule has 0 bridgehead atoms. The SMILES string of the molecule is CCOC(=O)C(Cl)C(C)=O.C[O-].Cc1nc[nH]c(=O)c1Cl.N=CN.[Na+]. The van der Waals surface area contributed by atoms with E-state index in [-0.39, 0.29) is 52.5 Å². The van der Waals surface area contributed by atoms with Crippen molar-refractivity contribution in [1.82, 2.24) is 9.97 Å². The van der Waals surface area contributed by atoms with E-state index in [2.05, 4.69) is 20.4 Å². The van der Waals surface area contributed by atoms with Gasteiger partial charge < -0.3 is 20.6 Å². The Kier molecular flexibility index (Phi) is 26.8. The number of aromatic amines is 1. The Bertz CT molecular complexity index is 557. The van der Waals surface area contributed by atoms with Crippen LogP contribution in [-0.2, 0) is 14.3 Å². The summed E-state index contributed by atoms with van der Waals surface area (Å²) in [5.74, 6) is -1.06. The molecular formula is C13H21Cl2N4NaO5. The number of alkyl halides is 1. The third kappa shape index (κ3) is 17.6. The summed E-state index contributed by atoms with van der Waals surface area (Å²) in [4.78, 5) is 37.7. The number of carbonyl (C=O) groups excluding carboxylic acids is 2. The van der Waals surface area contributed by atoms with E-state index in [1.165, 1.54) is 13.3 Å². The summed E-state index contributed by atoms with van der Waals surface area (Å²) in [6.45, 7) is 4.82. The number of nitrogens with zero attached hydrogens (tertiary/aromatic N) is 1. The number of hydrogen-bond acceptors (Lipinski definition) is 7. The van der Waals surface area contributed by atoms with Crippen LogP contribution in [0.2, 0.25) is 5.02 Å². The van der Waals surface area contributed by atoms with Crippen molar-refractivity contribution in [2.24, 2.45) is 5.73 Å². The number of ketones is 1. The molecule has 4 N–H and O–H groups in total. The van der Waals surface area contributed by atoms with Crippen LogP contribution in [0.4, 0.5) is 0 Å². The third-order valence-corrected chi connectivity index (χ3v) is 2.75. The predicted octanol–water partition coefficient (Wildman–Crippen LogP) is -2.99. The molecule has 25 heavy (non-hydrogen) atoms. The molecule has 1 aromatic heterocycles. The van der Waals surface area contributed by atoms with Crippen molar-refractivity contribution in [3.8, 4) is 0 Å². The monoisotopic (exact) mass is 406 g/mol. The molecular weight excluding hydrogens is 386 g/mol. The maximum atomic E-state index is 10.6. The molecule has 0 aliphatic heterocycles. The molecule has 1 rings (SSSR count). The van der Waals surface area contributed by atoms with Crippen molar-refractivity contribution in [2.45, 2.75) is 26.1 Å². The van der Waals surface area contributed by atoms with Gasteiger partial charge in [0.25, 0.3) is 5.56 Å². The van der Waals surface area contributed by atoms with E-state index < -0.39 is 11.3 Å². The van der Waals surface area contributed by atoms with Crippen LogP contribution >= 0.6 is 23.2 Å². The first-order valence-corrected chi connectivity index (χ1v) is 7.16. The molecule has 0 amide bonds. The predicted molar refractivity (Wildman–Crippen MR) is 90.5 cm³/mol. The average Bonchev–Trinajstić information content (AvgIpc) is 2.55. The van der Waals surface area contributed by atoms with Crippen LogP contribution in [0, 0.1) is 12.3 Å². The number of aryl methyl sites for hydroxylation is 1. The largest absolute Gasteiger partial charge is 1.00 e. The number of carbonyl (C=O) groups is 2. The number of aromatic nitrogens is 2. The Balaban J connectivity index is -0.000000136. The summed E-state index contributed by atoms with van der Waals surface area (Å²) in [5, 5.41) is 13.1. The number of rotatable bonds is 3. The molecule has 1 heterocycles. The molecule has 1 atom stereocenters. The molecule has 1 aromatic rings. The van der Waals surface area contributed by atoms with E-state index in [0.717, 1.165) is 13.4 Å². The second-order valence-electron chi connectivity index (χ2n) is 3.52. The first kappa shape index (κ1) is 31.8. The first-order valence-electron chi connectivity index (χ1n) is 6.35. The minimum Gasteiger partial charge on any atom is -0.857 e. The number of hydrogen-bond donors (Lipinski definition) is 3. The number of Topliss-reactive ketones (excluding diaryl/α,β-unsaturated/α-hetero) is 1. The Labute approximate surface area is 178 Å². The molecule has 12 heteroatoms. The van der Waals surface area contributed by atoms with Gasteiger partial charge in [0.1, 0.15) is 5.02 Å². The molecule has 9 nitrogen and oxygen atoms in total. The van der Waals surface area contributed by atoms with E-state index in [1.807, 2.05) is 0 Å². The molecule has 0 fully saturated rings. The van der Waals surface area contributed by atoms with Gasteiger partial charge in [-0.05, 0) is 20.8 Å². The molecule has 0 radical (unpaired) electrons. The molecule has 0 aliphatic carbocycles. The van der Waals surface area contributed by atoms with Crippen LogP contribution in [0.5, 0.6) is 0 Å². The van der Waals surface area contributed by atoms with E-state index in [4.69, 9.17) is 33.7 Å². The number of ether oxygens (including phenoxy) is 1. The van der Waals surface area contributed by atoms with Crippen molar-refractivity contribution in [3.63, 3.8) is 0 Å². The fourth-order valence-corrected chi connectivity index (χ4v) is 1.02. The Morgan fingerprint density at radius 2 is 1.96 bits per heavy atom. The standard InChI is InChI=1S/C6H9ClO3.C5H5ClN2O.CH4N2.CH3O.Na/c1-3-10-6(9)5(7)4(2)8;1-3-4(6)5(9)8-2-7-3;2-1-3;1-2;/h5H,3H2,1-2H3;2H,1H3,(H,7,8,9);1H,(H3,2,3);1H3;/q;;;-1;+1. The van der Waals surface area contributed by atoms with Crippen LogP contribution in [0.25, 0.3) is 0 Å². The van der Waals surface area contributed by atoms with Crippen molar-refractivity contribution in [3.05, 3.63) is 27.4 Å². The molecule has 0 saturated carbocycles. The third-order valence-electron chi connectivity index (χ3n) is 1.82. The zero-order chi connectivity index (χ0) is 19.7. The maximum absolute atomic E-state index is 10.6. The number of esters is 1. The molecule has 0 aromatic carbocycles. The molecule has 0 aliphatic rings. The van der Waals surface area contributed by atoms with E-state index >= 15 is 0 Å². The van der Waals surface area contributed by atoms with Crippen molar-refractivity contribution < 1.29 is 49.0 Å². The molecule has 1 unspecified atom stereocenters. The van der Waals surface area contributed by atoms with E-state index in [0.29, 0.717) is 5.69 Å². The number of nitrogens with two attached hydrogens (primary N) is 1. The van der Waals surface area contributed by atoms with Gasteiger partial charge in [-0.3, -0.25) is 15.0 Å². The van der Waals surface area contributed by atoms with Gasteiger partial charge in [0, 0.05) is 0 Å². The zero-order valence-electron chi connectivity index (χ0n) is 14.8. The summed E-state index contributed by atoms with van der Waals surface area (Å²) in [6.07, 6.45) is 2.07. The van der Waals surface area contributed by atoms with E-state index in [1.54, 1.807) is 13.8 Å². The van der Waals surface area contributed by atoms with Crippen LogP contribution in [0.3, 0.4) is 0 Å². The number of H-pyrrole nitrogens is 1. The summed E-state index contributed by atoms with van der Waals surface area (Å²) in [6, 6.07) is 0. The van der Waals surface area contributed by atoms with Crippen LogP contribution < -0.4 is 46.0 Å². The fraction of sp³-hybridized carbons (Fsp3) is 0.462. The maximum Gasteiger partial charge on any atom is 1.00 e. The quantitative estimate of drug-likeness (QED) is 0.120. The summed E-state index contributed by atoms with van der Waals surface area (Å²) < 4.78 is 4.47. The molecule has 0 spiro atoms. The fourth-order valence-electron chi connectivity index (χ4n) is 0.853. The number of halogens is 2. The van der Waals surface area contributed by atoms with Gasteiger partial charge in [0.05, 0.1) is 25.0 Å². The number of nitrogens with one attached hydrogen (secondary N) is 2. The summed E-state index contributed by atoms with van der Waals surface area (Å²) in [7, 11) is 0.750. The zero-order valence-corrected chi connectivity index (χ0v) is 18.3. The minimum absolute atomic E-state index is 0. The summed E-state index contributed by atoms with van der Waals surface area (Å²) >= 11 is 10.8. The first-order chi connectivity index (χ1) is 11.2. The van der Waals surface area contributed by atoms with E-state index in [9.17, 15) is 14.4 Å². The van der Waals surface area contributed by atoms with Crippen molar-refractivity contribution >= 4 is 41.3 Å². The molecule has 138 valence electrons. The topological polar surface area (TPSA) is 162 Å². The van der Waals surface area contributed by atoms with Gasteiger partial charge in [-0.1, -0.05) is 11.6 Å². The van der Waals surface area contributed by atoms with Crippen molar-refractivity contribution in [2.75, 3.05) is 13.7 Å². The van der Waals surface area contributed by atoms with Crippen LogP contribution in [0.15, 0.2) is 11.1 Å². The Morgan fingerprint density at radius 3 is 2.24 bits per heavy atom. The van der Waals surface area contributed by atoms with Gasteiger partial charge in [-0.15, -0.1) is 11.6 Å². The van der Waals surface area contributed by atoms with Gasteiger partial charge in [0.2, 0.25) is 0 Å². The minimum atomic E-state index is -1.14. The normalized spacial score (nSPS) is 9.08. The smallest absolute Gasteiger partial charge is 0.857 e. The summed E-state index contributed by atoms with van der Waals surface area (Å²) in [5.41, 5.74) is 4.66. The van der Waals surface area contributed by atoms with Gasteiger partial charge in [0.15, 0.2) is 11.2 Å². The van der Waals surface area contributed by atoms with Gasteiger partial charge in [-0.2, -0.15) is 7.11 Å². The Morgan fingerprint density at radius 1 is 1.52 bits per heavy atom. The van der Waals surface area contributed by atoms with Gasteiger partial charge in [-0.25, -0.2) is 9.78 Å². The van der Waals surface area contributed by atoms with Crippen LogP contribution in [-0.4, -0.2) is 47.2 Å². The van der Waals surface area contributed by atoms with Gasteiger partial charge >= 0.3 is 35.5 Å². The van der Waals surface area contributed by atoms with Crippen LogP contribution in [0.1, 0.15) is 19.5 Å². The second-order valence-corrected chi connectivity index (χ2v) is 4.34. The average molecular weight is 407 g/mol.